The summed E-state index contributed by atoms with van der Waals surface area (Å²) in [4.78, 5) is 16.9. The quantitative estimate of drug-likeness (QED) is 0.712. The number of carbonyl (C=O) groups is 1. The molecular weight excluding hydrogens is 378 g/mol. The lowest BCUT2D eigenvalue weighted by molar-refractivity contribution is 0.00255. The number of imidazole rings is 1. The van der Waals surface area contributed by atoms with Crippen molar-refractivity contribution in [3.63, 3.8) is 0 Å². The number of halogens is 1. The van der Waals surface area contributed by atoms with Crippen LogP contribution >= 0.6 is 11.6 Å². The number of amides is 1. The van der Waals surface area contributed by atoms with Gasteiger partial charge in [0, 0.05) is 11.6 Å². The number of carbonyl (C=O) groups excluding carboxylic acids is 1. The summed E-state index contributed by atoms with van der Waals surface area (Å²) in [7, 11) is 1.64. The molecule has 3 aromatic rings. The summed E-state index contributed by atoms with van der Waals surface area (Å²) in [5.41, 5.74) is 3.23. The van der Waals surface area contributed by atoms with Gasteiger partial charge in [0.2, 0.25) is 0 Å². The average molecular weight is 398 g/mol. The highest BCUT2D eigenvalue weighted by atomic mass is 35.5. The van der Waals surface area contributed by atoms with Crippen molar-refractivity contribution in [2.24, 2.45) is 0 Å². The Balaban J connectivity index is 1.42. The third kappa shape index (κ3) is 3.88. The van der Waals surface area contributed by atoms with Crippen molar-refractivity contribution in [1.29, 1.82) is 0 Å². The number of nitrogens with zero attached hydrogens (tertiary/aromatic N) is 2. The molecule has 1 aliphatic heterocycles. The highest BCUT2D eigenvalue weighted by Crippen LogP contribution is 2.28. The minimum Gasteiger partial charge on any atom is -0.497 e. The van der Waals surface area contributed by atoms with Gasteiger partial charge < -0.3 is 19.4 Å². The monoisotopic (exact) mass is 397 g/mol. The fraction of sp³-hybridized carbons (Fsp3) is 0.238. The first-order valence-corrected chi connectivity index (χ1v) is 9.34. The average Bonchev–Trinajstić information content (AvgIpc) is 3.16. The number of benzene rings is 2. The smallest absolute Gasteiger partial charge is 0.272 e. The molecule has 1 unspecified atom stereocenters. The molecule has 0 radical (unpaired) electrons. The topological polar surface area (TPSA) is 65.4 Å². The fourth-order valence-electron chi connectivity index (χ4n) is 3.21. The van der Waals surface area contributed by atoms with Crippen LogP contribution in [0, 0.1) is 0 Å². The third-order valence-corrected chi connectivity index (χ3v) is 5.05. The Hall–Kier alpha value is -2.83. The van der Waals surface area contributed by atoms with E-state index in [1.807, 2.05) is 41.0 Å². The second kappa shape index (κ2) is 8.04. The molecule has 1 aromatic heterocycles. The number of hydrogen-bond donors (Lipinski definition) is 1. The minimum atomic E-state index is -0.213. The Labute approximate surface area is 168 Å². The predicted octanol–water partition coefficient (Wildman–Crippen LogP) is 3.75. The molecule has 0 saturated heterocycles. The summed E-state index contributed by atoms with van der Waals surface area (Å²) in [6.07, 6.45) is 1.61. The molecule has 1 aliphatic rings. The lowest BCUT2D eigenvalue weighted by Crippen LogP contribution is -2.27. The number of ether oxygens (including phenoxy) is 2. The van der Waals surface area contributed by atoms with Crippen LogP contribution < -0.4 is 10.1 Å². The number of fused-ring (bicyclic) bond motifs is 1. The molecule has 0 saturated carbocycles. The van der Waals surface area contributed by atoms with Crippen LogP contribution in [0.5, 0.6) is 5.75 Å². The Morgan fingerprint density at radius 1 is 1.25 bits per heavy atom. The van der Waals surface area contributed by atoms with Gasteiger partial charge in [-0.1, -0.05) is 35.9 Å². The fourth-order valence-corrected chi connectivity index (χ4v) is 3.33. The van der Waals surface area contributed by atoms with Crippen LogP contribution in [0.3, 0.4) is 0 Å². The maximum Gasteiger partial charge on any atom is 0.272 e. The summed E-state index contributed by atoms with van der Waals surface area (Å²) >= 11 is 5.89. The molecule has 0 aliphatic carbocycles. The molecule has 0 spiro atoms. The first kappa shape index (κ1) is 18.5. The molecule has 28 heavy (non-hydrogen) atoms. The molecule has 4 rings (SSSR count). The number of aromatic nitrogens is 2. The molecule has 7 heteroatoms. The van der Waals surface area contributed by atoms with Gasteiger partial charge >= 0.3 is 0 Å². The molecular formula is C21H20ClN3O3. The molecule has 1 N–H and O–H groups in total. The molecule has 1 atom stereocenters. The van der Waals surface area contributed by atoms with Crippen LogP contribution in [-0.2, 0) is 24.4 Å². The van der Waals surface area contributed by atoms with Crippen molar-refractivity contribution in [2.75, 3.05) is 7.11 Å². The first-order chi connectivity index (χ1) is 13.6. The van der Waals surface area contributed by atoms with Gasteiger partial charge in [0.05, 0.1) is 32.3 Å². The number of nitrogens with one attached hydrogen (secondary N) is 1. The zero-order chi connectivity index (χ0) is 19.5. The Morgan fingerprint density at radius 2 is 2.00 bits per heavy atom. The zero-order valence-electron chi connectivity index (χ0n) is 15.4. The van der Waals surface area contributed by atoms with Crippen LogP contribution in [-0.4, -0.2) is 22.6 Å². The van der Waals surface area contributed by atoms with Crippen LogP contribution in [0.2, 0.25) is 5.02 Å². The zero-order valence-corrected chi connectivity index (χ0v) is 16.1. The van der Waals surface area contributed by atoms with Crippen LogP contribution in [0.1, 0.15) is 33.4 Å². The van der Waals surface area contributed by atoms with Gasteiger partial charge in [-0.15, -0.1) is 0 Å². The van der Waals surface area contributed by atoms with E-state index in [0.717, 1.165) is 22.6 Å². The number of rotatable bonds is 5. The second-order valence-corrected chi connectivity index (χ2v) is 7.01. The van der Waals surface area contributed by atoms with E-state index in [1.165, 1.54) is 0 Å². The van der Waals surface area contributed by atoms with E-state index in [2.05, 4.69) is 10.3 Å². The maximum absolute atomic E-state index is 12.6. The van der Waals surface area contributed by atoms with Crippen molar-refractivity contribution in [3.05, 3.63) is 82.4 Å². The number of hydrogen-bond acceptors (Lipinski definition) is 4. The Kier molecular flexibility index (Phi) is 5.32. The van der Waals surface area contributed by atoms with Gasteiger partial charge in [-0.2, -0.15) is 0 Å². The SMILES string of the molecule is COc1ccc(C2Cn3cnc(C(=O)NCc4ccc(Cl)cc4)c3CO2)cc1. The molecule has 1 amide bonds. The van der Waals surface area contributed by atoms with E-state index in [4.69, 9.17) is 21.1 Å². The molecule has 2 heterocycles. The Morgan fingerprint density at radius 3 is 2.71 bits per heavy atom. The first-order valence-electron chi connectivity index (χ1n) is 8.96. The van der Waals surface area contributed by atoms with E-state index >= 15 is 0 Å². The van der Waals surface area contributed by atoms with Crippen LogP contribution in [0.15, 0.2) is 54.9 Å². The molecule has 6 nitrogen and oxygen atoms in total. The van der Waals surface area contributed by atoms with Crippen molar-refractivity contribution in [3.8, 4) is 5.75 Å². The van der Waals surface area contributed by atoms with E-state index in [-0.39, 0.29) is 12.0 Å². The summed E-state index contributed by atoms with van der Waals surface area (Å²) in [6, 6.07) is 15.2. The third-order valence-electron chi connectivity index (χ3n) is 4.80. The summed E-state index contributed by atoms with van der Waals surface area (Å²) in [6.45, 7) is 1.36. The van der Waals surface area contributed by atoms with Gasteiger partial charge in [0.1, 0.15) is 11.9 Å². The van der Waals surface area contributed by atoms with Gasteiger partial charge in [0.25, 0.3) is 5.91 Å². The Bertz CT molecular complexity index is 968. The van der Waals surface area contributed by atoms with Gasteiger partial charge in [-0.3, -0.25) is 4.79 Å². The lowest BCUT2D eigenvalue weighted by Gasteiger charge is -2.25. The minimum absolute atomic E-state index is 0.0856. The highest BCUT2D eigenvalue weighted by Gasteiger charge is 2.26. The normalized spacial score (nSPS) is 15.7. The van der Waals surface area contributed by atoms with E-state index < -0.39 is 0 Å². The van der Waals surface area contributed by atoms with Gasteiger partial charge in [-0.25, -0.2) is 4.98 Å². The second-order valence-electron chi connectivity index (χ2n) is 6.57. The predicted molar refractivity (Wildman–Crippen MR) is 105 cm³/mol. The molecule has 2 aromatic carbocycles. The van der Waals surface area contributed by atoms with Crippen LogP contribution in [0.25, 0.3) is 0 Å². The van der Waals surface area contributed by atoms with E-state index in [9.17, 15) is 4.79 Å². The standard InChI is InChI=1S/C21H20ClN3O3/c1-27-17-8-4-15(5-9-17)19-11-25-13-24-20(18(25)12-28-19)21(26)23-10-14-2-6-16(22)7-3-14/h2-9,13,19H,10-12H2,1H3,(H,23,26). The summed E-state index contributed by atoms with van der Waals surface area (Å²) < 4.78 is 13.2. The van der Waals surface area contributed by atoms with Crippen molar-refractivity contribution < 1.29 is 14.3 Å². The van der Waals surface area contributed by atoms with Crippen LogP contribution in [0.4, 0.5) is 0 Å². The largest absolute Gasteiger partial charge is 0.497 e. The summed E-state index contributed by atoms with van der Waals surface area (Å²) in [5, 5.41) is 3.57. The van der Waals surface area contributed by atoms with Gasteiger partial charge in [-0.05, 0) is 35.4 Å². The van der Waals surface area contributed by atoms with Crippen molar-refractivity contribution in [1.82, 2.24) is 14.9 Å². The van der Waals surface area contributed by atoms with Crippen molar-refractivity contribution in [2.45, 2.75) is 25.8 Å². The molecule has 144 valence electrons. The van der Waals surface area contributed by atoms with Crippen molar-refractivity contribution >= 4 is 17.5 Å². The number of methoxy groups -OCH3 is 1. The highest BCUT2D eigenvalue weighted by molar-refractivity contribution is 6.30. The maximum atomic E-state index is 12.6. The lowest BCUT2D eigenvalue weighted by atomic mass is 10.1. The molecule has 0 fully saturated rings. The van der Waals surface area contributed by atoms with E-state index in [0.29, 0.717) is 30.4 Å². The summed E-state index contributed by atoms with van der Waals surface area (Å²) in [5.74, 6) is 0.595. The van der Waals surface area contributed by atoms with Gasteiger partial charge in [0.15, 0.2) is 5.69 Å². The molecule has 0 bridgehead atoms. The van der Waals surface area contributed by atoms with E-state index in [1.54, 1.807) is 25.6 Å².